The Hall–Kier alpha value is -14.0. The number of benzene rings is 18. The lowest BCUT2D eigenvalue weighted by atomic mass is 9.78. The molecule has 0 amide bonds. The van der Waals surface area contributed by atoms with Crippen LogP contribution in [0.4, 0.5) is 0 Å². The van der Waals surface area contributed by atoms with Crippen molar-refractivity contribution in [2.75, 3.05) is 0 Å². The SMILES string of the molecule is Cc1ccc(-c2cccc3c2-c2ccccc2C3(C)C)cc1.Cc1ccc(-c2ccccc2)c2c1-c1ccccc1C2(C)C.Cc1ccc(-c2ccccc2)c2c1C(C)(C)c1ccccc1-2.Cc1ccc2c(c1)-c1ccc(-c3ccccc3)cc1C2(C)C.Cc1cccc2c1-c1ccc(-c3ccccc3)cc1C2(C)C.Cc1cccc2c1C(C)(C)c1cc(-c3ccccc3)ccc1-2. The van der Waals surface area contributed by atoms with E-state index in [-0.39, 0.29) is 32.5 Å². The van der Waals surface area contributed by atoms with Crippen LogP contribution in [0.2, 0.25) is 0 Å². The van der Waals surface area contributed by atoms with Gasteiger partial charge >= 0.3 is 0 Å². The zero-order valence-corrected chi connectivity index (χ0v) is 80.1. The second-order valence-electron chi connectivity index (χ2n) is 40.5. The van der Waals surface area contributed by atoms with Gasteiger partial charge in [0.2, 0.25) is 0 Å². The Morgan fingerprint density at radius 1 is 0.129 bits per heavy atom. The quantitative estimate of drug-likeness (QED) is 0.156. The fourth-order valence-electron chi connectivity index (χ4n) is 23.1. The van der Waals surface area contributed by atoms with Crippen LogP contribution in [0.3, 0.4) is 0 Å². The summed E-state index contributed by atoms with van der Waals surface area (Å²) in [5.41, 5.74) is 58.6. The van der Waals surface area contributed by atoms with Gasteiger partial charge in [0.05, 0.1) is 0 Å². The molecule has 0 bridgehead atoms. The molecule has 6 aliphatic carbocycles. The molecule has 648 valence electrons. The van der Waals surface area contributed by atoms with Crippen molar-refractivity contribution >= 4 is 0 Å². The second kappa shape index (κ2) is 34.4. The van der Waals surface area contributed by atoms with E-state index in [2.05, 4.69) is 525 Å². The van der Waals surface area contributed by atoms with E-state index < -0.39 is 0 Å². The lowest BCUT2D eigenvalue weighted by Gasteiger charge is -2.25. The van der Waals surface area contributed by atoms with Crippen LogP contribution in [0.15, 0.2) is 400 Å². The van der Waals surface area contributed by atoms with Gasteiger partial charge in [0.1, 0.15) is 0 Å². The van der Waals surface area contributed by atoms with Gasteiger partial charge in [-0.15, -0.1) is 0 Å². The maximum atomic E-state index is 2.38. The van der Waals surface area contributed by atoms with Gasteiger partial charge in [0.15, 0.2) is 0 Å². The first-order chi connectivity index (χ1) is 63.5. The highest BCUT2D eigenvalue weighted by atomic mass is 14.5. The van der Waals surface area contributed by atoms with Crippen LogP contribution in [0, 0.1) is 41.5 Å². The fraction of sp³-hybridized carbons (Fsp3) is 0.182. The maximum Gasteiger partial charge on any atom is 0.0165 e. The predicted molar refractivity (Wildman–Crippen MR) is 565 cm³/mol. The first-order valence-corrected chi connectivity index (χ1v) is 47.4. The predicted octanol–water partition coefficient (Wildman–Crippen LogP) is 35.8. The van der Waals surface area contributed by atoms with E-state index in [9.17, 15) is 0 Å². The minimum Gasteiger partial charge on any atom is -0.0622 e. The molecule has 0 atom stereocenters. The van der Waals surface area contributed by atoms with E-state index in [1.165, 1.54) is 234 Å². The zero-order chi connectivity index (χ0) is 91.9. The van der Waals surface area contributed by atoms with Crippen molar-refractivity contribution in [1.29, 1.82) is 0 Å². The van der Waals surface area contributed by atoms with Crippen LogP contribution < -0.4 is 0 Å². The van der Waals surface area contributed by atoms with Gasteiger partial charge in [-0.3, -0.25) is 0 Å². The normalized spacial score (nSPS) is 14.5. The standard InChI is InChI=1S/6C22H20/c1-15-11-13-16(14-12-15)17-8-6-10-20-21(17)18-7-4-5-9-19(18)22(20,2)3;1-15-8-7-11-19-21(15)18-13-12-17(14-20(18)22(19,2)3)16-9-5-4-6-10-16;1-15-8-7-11-19-18-13-12-17(16-9-5-4-6-10-16)14-20(18)22(2,3)21(15)19;1-15-13-14-17(16-9-5-4-6-10-16)20-18-11-7-8-12-19(18)22(2,3)21(15)20;1-15-13-14-17(16-9-5-4-6-10-16)21-20(15)18-11-7-8-12-19(18)22(21,2)3;1-15-9-12-20-19(13-15)18-11-10-17(14-21(18)22(20,2)3)16-7-5-4-6-8-16/h6*4-14H,1-3H3. The van der Waals surface area contributed by atoms with Crippen molar-refractivity contribution in [3.05, 3.63) is 501 Å². The molecule has 0 heterocycles. The summed E-state index contributed by atoms with van der Waals surface area (Å²) >= 11 is 0. The number of fused-ring (bicyclic) bond motifs is 18. The van der Waals surface area contributed by atoms with Gasteiger partial charge in [-0.2, -0.15) is 0 Å². The first-order valence-electron chi connectivity index (χ1n) is 47.4. The second-order valence-corrected chi connectivity index (χ2v) is 40.5. The van der Waals surface area contributed by atoms with Crippen molar-refractivity contribution in [2.45, 2.75) is 157 Å². The summed E-state index contributed by atoms with van der Waals surface area (Å²) < 4.78 is 0. The molecule has 0 aromatic heterocycles. The minimum absolute atomic E-state index is 0.0448. The van der Waals surface area contributed by atoms with Crippen molar-refractivity contribution in [2.24, 2.45) is 0 Å². The molecule has 0 nitrogen and oxygen atoms in total. The molecule has 132 heavy (non-hydrogen) atoms. The summed E-state index contributed by atoms with van der Waals surface area (Å²) in [6.45, 7) is 41.3. The smallest absolute Gasteiger partial charge is 0.0165 e. The topological polar surface area (TPSA) is 0 Å². The van der Waals surface area contributed by atoms with E-state index >= 15 is 0 Å². The molecule has 0 spiro atoms. The third-order valence-electron chi connectivity index (χ3n) is 29.9. The maximum absolute atomic E-state index is 2.38. The molecular formula is C132H120. The molecule has 18 aromatic rings. The average Bonchev–Trinajstić information content (AvgIpc) is 1.57. The van der Waals surface area contributed by atoms with Crippen molar-refractivity contribution < 1.29 is 0 Å². The highest BCUT2D eigenvalue weighted by molar-refractivity contribution is 5.96. The highest BCUT2D eigenvalue weighted by Gasteiger charge is 2.43. The highest BCUT2D eigenvalue weighted by Crippen LogP contribution is 2.59. The van der Waals surface area contributed by atoms with E-state index in [4.69, 9.17) is 0 Å². The van der Waals surface area contributed by atoms with Crippen molar-refractivity contribution in [1.82, 2.24) is 0 Å². The molecule has 0 unspecified atom stereocenters. The fourth-order valence-corrected chi connectivity index (χ4v) is 23.1. The Morgan fingerprint density at radius 2 is 0.424 bits per heavy atom. The Morgan fingerprint density at radius 3 is 0.970 bits per heavy atom. The van der Waals surface area contributed by atoms with E-state index in [1.54, 1.807) is 0 Å². The largest absolute Gasteiger partial charge is 0.0622 e. The summed E-state index contributed by atoms with van der Waals surface area (Å²) in [6, 6.07) is 146. The minimum atomic E-state index is 0.0448. The van der Waals surface area contributed by atoms with Crippen LogP contribution in [-0.4, -0.2) is 0 Å². The summed E-state index contributed by atoms with van der Waals surface area (Å²) in [4.78, 5) is 0. The van der Waals surface area contributed by atoms with Gasteiger partial charge in [-0.1, -0.05) is 476 Å². The molecule has 0 heteroatoms. The third-order valence-corrected chi connectivity index (χ3v) is 29.9. The van der Waals surface area contributed by atoms with Gasteiger partial charge in [0.25, 0.3) is 0 Å². The molecule has 0 N–H and O–H groups in total. The van der Waals surface area contributed by atoms with E-state index in [1.807, 2.05) is 0 Å². The molecule has 0 fully saturated rings. The lowest BCUT2D eigenvalue weighted by Crippen LogP contribution is -2.16. The summed E-state index contributed by atoms with van der Waals surface area (Å²) in [7, 11) is 0. The van der Waals surface area contributed by atoms with Gasteiger partial charge in [0, 0.05) is 32.5 Å². The van der Waals surface area contributed by atoms with Crippen LogP contribution in [0.25, 0.3) is 134 Å². The number of hydrogen-bond donors (Lipinski definition) is 0. The molecule has 0 radical (unpaired) electrons. The van der Waals surface area contributed by atoms with E-state index in [0.717, 1.165) is 0 Å². The van der Waals surface area contributed by atoms with Crippen LogP contribution in [0.1, 0.15) is 183 Å². The molecule has 24 rings (SSSR count). The zero-order valence-electron chi connectivity index (χ0n) is 80.1. The molecule has 0 saturated heterocycles. The Labute approximate surface area is 785 Å². The van der Waals surface area contributed by atoms with Crippen LogP contribution in [-0.2, 0) is 32.5 Å². The van der Waals surface area contributed by atoms with Gasteiger partial charge in [-0.25, -0.2) is 0 Å². The summed E-state index contributed by atoms with van der Waals surface area (Å²) in [5.74, 6) is 0. The molecule has 0 saturated carbocycles. The van der Waals surface area contributed by atoms with Crippen LogP contribution in [0.5, 0.6) is 0 Å². The Kier molecular flexibility index (Phi) is 22.7. The Balaban J connectivity index is 0.000000102. The van der Waals surface area contributed by atoms with Gasteiger partial charge in [-0.05, 0) is 282 Å². The molecule has 18 aromatic carbocycles. The van der Waals surface area contributed by atoms with Crippen molar-refractivity contribution in [3.8, 4) is 134 Å². The van der Waals surface area contributed by atoms with E-state index in [0.29, 0.717) is 0 Å². The molecule has 6 aliphatic rings. The monoisotopic (exact) mass is 1700 g/mol. The first kappa shape index (κ1) is 87.3. The average molecular weight is 1710 g/mol. The van der Waals surface area contributed by atoms with Crippen LogP contribution >= 0.6 is 0 Å². The summed E-state index contributed by atoms with van der Waals surface area (Å²) in [6.07, 6.45) is 0. The lowest BCUT2D eigenvalue weighted by molar-refractivity contribution is 0.655. The molecular weight excluding hydrogens is 1590 g/mol. The Bertz CT molecular complexity index is 7420. The number of aryl methyl sites for hydroxylation is 6. The van der Waals surface area contributed by atoms with Gasteiger partial charge < -0.3 is 0 Å². The third kappa shape index (κ3) is 15.3. The number of rotatable bonds is 6. The number of hydrogen-bond acceptors (Lipinski definition) is 0. The summed E-state index contributed by atoms with van der Waals surface area (Å²) in [5, 5.41) is 0. The van der Waals surface area contributed by atoms with Crippen molar-refractivity contribution in [3.63, 3.8) is 0 Å². The molecule has 0 aliphatic heterocycles.